The van der Waals surface area contributed by atoms with Crippen molar-refractivity contribution in [2.24, 2.45) is 0 Å². The normalized spacial score (nSPS) is 14.5. The van der Waals surface area contributed by atoms with Gasteiger partial charge in [0.1, 0.15) is 16.8 Å². The first kappa shape index (κ1) is 12.4. The second-order valence-corrected chi connectivity index (χ2v) is 5.54. The van der Waals surface area contributed by atoms with Gasteiger partial charge in [0.05, 0.1) is 0 Å². The molecule has 3 nitrogen and oxygen atoms in total. The molecule has 0 unspecified atom stereocenters. The van der Waals surface area contributed by atoms with Gasteiger partial charge < -0.3 is 5.32 Å². The minimum absolute atomic E-state index is 0.498. The molecule has 3 rings (SSSR count). The quantitative estimate of drug-likeness (QED) is 0.844. The van der Waals surface area contributed by atoms with Gasteiger partial charge in [-0.15, -0.1) is 0 Å². The predicted molar refractivity (Wildman–Crippen MR) is 78.2 cm³/mol. The Kier molecular flexibility index (Phi) is 3.15. The minimum atomic E-state index is 0.498. The molecule has 0 atom stereocenters. The molecule has 1 aliphatic rings. The van der Waals surface area contributed by atoms with Crippen molar-refractivity contribution in [3.63, 3.8) is 0 Å². The van der Waals surface area contributed by atoms with Crippen LogP contribution in [0.4, 0.5) is 11.5 Å². The maximum Gasteiger partial charge on any atom is 0.135 e. The van der Waals surface area contributed by atoms with Crippen molar-refractivity contribution in [3.8, 4) is 0 Å². The topological polar surface area (TPSA) is 37.8 Å². The van der Waals surface area contributed by atoms with Crippen LogP contribution in [-0.2, 0) is 0 Å². The van der Waals surface area contributed by atoms with E-state index in [1.54, 1.807) is 6.07 Å². The van der Waals surface area contributed by atoms with Crippen molar-refractivity contribution < 1.29 is 0 Å². The summed E-state index contributed by atoms with van der Waals surface area (Å²) in [6.45, 7) is 4.17. The third-order valence-electron chi connectivity index (χ3n) is 3.30. The van der Waals surface area contributed by atoms with Crippen LogP contribution < -0.4 is 5.32 Å². The summed E-state index contributed by atoms with van der Waals surface area (Å²) in [7, 11) is 0. The molecule has 1 aliphatic carbocycles. The Bertz CT molecular complexity index is 621. The lowest BCUT2D eigenvalue weighted by atomic mass is 10.1. The average Bonchev–Trinajstić information content (AvgIpc) is 3.16. The summed E-state index contributed by atoms with van der Waals surface area (Å²) in [4.78, 5) is 8.84. The predicted octanol–water partition coefficient (Wildman–Crippen LogP) is 4.37. The van der Waals surface area contributed by atoms with E-state index in [0.717, 1.165) is 17.3 Å². The largest absolute Gasteiger partial charge is 0.340 e. The van der Waals surface area contributed by atoms with Gasteiger partial charge in [-0.1, -0.05) is 29.3 Å². The Morgan fingerprint density at radius 1 is 1.16 bits per heavy atom. The highest BCUT2D eigenvalue weighted by molar-refractivity contribution is 6.29. The molecule has 1 aromatic heterocycles. The van der Waals surface area contributed by atoms with Crippen molar-refractivity contribution in [1.29, 1.82) is 0 Å². The molecular weight excluding hydrogens is 258 g/mol. The molecule has 98 valence electrons. The fourth-order valence-electron chi connectivity index (χ4n) is 2.12. The number of aryl methyl sites for hydroxylation is 2. The molecule has 0 radical (unpaired) electrons. The van der Waals surface area contributed by atoms with E-state index >= 15 is 0 Å². The van der Waals surface area contributed by atoms with Crippen molar-refractivity contribution >= 4 is 23.1 Å². The van der Waals surface area contributed by atoms with Crippen molar-refractivity contribution in [2.75, 3.05) is 5.32 Å². The summed E-state index contributed by atoms with van der Waals surface area (Å²) < 4.78 is 0. The zero-order valence-corrected chi connectivity index (χ0v) is 11.8. The van der Waals surface area contributed by atoms with Gasteiger partial charge in [0.2, 0.25) is 0 Å². The van der Waals surface area contributed by atoms with E-state index in [-0.39, 0.29) is 0 Å². The Hall–Kier alpha value is -1.61. The van der Waals surface area contributed by atoms with Crippen LogP contribution >= 0.6 is 11.6 Å². The van der Waals surface area contributed by atoms with Crippen LogP contribution in [0.1, 0.15) is 35.7 Å². The smallest absolute Gasteiger partial charge is 0.135 e. The van der Waals surface area contributed by atoms with Gasteiger partial charge in [-0.3, -0.25) is 0 Å². The zero-order chi connectivity index (χ0) is 13.4. The molecule has 1 heterocycles. The molecule has 0 bridgehead atoms. The lowest BCUT2D eigenvalue weighted by Gasteiger charge is -2.10. The molecule has 2 aromatic rings. The lowest BCUT2D eigenvalue weighted by molar-refractivity contribution is 0.930. The highest BCUT2D eigenvalue weighted by atomic mass is 35.5. The maximum absolute atomic E-state index is 6.06. The standard InChI is InChI=1S/C15H16ClN3/c1-9-3-6-12(10(2)7-9)17-14-8-13(16)18-15(19-14)11-4-5-11/h3,6-8,11H,4-5H2,1-2H3,(H,17,18,19). The molecule has 1 saturated carbocycles. The van der Waals surface area contributed by atoms with Gasteiger partial charge in [0.15, 0.2) is 0 Å². The van der Waals surface area contributed by atoms with Gasteiger partial charge in [0, 0.05) is 17.7 Å². The number of benzene rings is 1. The number of hydrogen-bond acceptors (Lipinski definition) is 3. The molecular formula is C15H16ClN3. The van der Waals surface area contributed by atoms with Gasteiger partial charge >= 0.3 is 0 Å². The molecule has 4 heteroatoms. The monoisotopic (exact) mass is 273 g/mol. The molecule has 0 aliphatic heterocycles. The van der Waals surface area contributed by atoms with Crippen LogP contribution in [0.2, 0.25) is 5.15 Å². The van der Waals surface area contributed by atoms with E-state index in [1.807, 2.05) is 0 Å². The SMILES string of the molecule is Cc1ccc(Nc2cc(Cl)nc(C3CC3)n2)c(C)c1. The van der Waals surface area contributed by atoms with E-state index < -0.39 is 0 Å². The number of rotatable bonds is 3. The Morgan fingerprint density at radius 3 is 2.63 bits per heavy atom. The summed E-state index contributed by atoms with van der Waals surface area (Å²) in [5, 5.41) is 3.83. The number of anilines is 2. The fourth-order valence-corrected chi connectivity index (χ4v) is 2.31. The van der Waals surface area contributed by atoms with Crippen LogP contribution in [0.5, 0.6) is 0 Å². The Labute approximate surface area is 118 Å². The lowest BCUT2D eigenvalue weighted by Crippen LogP contribution is -2.00. The summed E-state index contributed by atoms with van der Waals surface area (Å²) in [6.07, 6.45) is 2.34. The highest BCUT2D eigenvalue weighted by Gasteiger charge is 2.27. The number of nitrogens with one attached hydrogen (secondary N) is 1. The number of halogens is 1. The first-order valence-corrected chi connectivity index (χ1v) is 6.88. The molecule has 0 amide bonds. The summed E-state index contributed by atoms with van der Waals surface area (Å²) in [5.74, 6) is 2.13. The summed E-state index contributed by atoms with van der Waals surface area (Å²) in [6, 6.07) is 8.07. The van der Waals surface area contributed by atoms with Crippen LogP contribution in [0, 0.1) is 13.8 Å². The van der Waals surface area contributed by atoms with Crippen LogP contribution in [0.25, 0.3) is 0 Å². The maximum atomic E-state index is 6.06. The zero-order valence-electron chi connectivity index (χ0n) is 11.1. The first-order chi connectivity index (χ1) is 9.11. The summed E-state index contributed by atoms with van der Waals surface area (Å²) in [5.41, 5.74) is 3.51. The Morgan fingerprint density at radius 2 is 1.95 bits per heavy atom. The highest BCUT2D eigenvalue weighted by Crippen LogP contribution is 2.39. The van der Waals surface area contributed by atoms with Gasteiger partial charge in [0.25, 0.3) is 0 Å². The molecule has 1 fully saturated rings. The Balaban J connectivity index is 1.89. The van der Waals surface area contributed by atoms with Gasteiger partial charge in [-0.25, -0.2) is 9.97 Å². The van der Waals surface area contributed by atoms with E-state index in [2.05, 4.69) is 47.3 Å². The van der Waals surface area contributed by atoms with Crippen molar-refractivity contribution in [2.45, 2.75) is 32.6 Å². The van der Waals surface area contributed by atoms with Gasteiger partial charge in [-0.05, 0) is 38.3 Å². The summed E-state index contributed by atoms with van der Waals surface area (Å²) >= 11 is 6.06. The van der Waals surface area contributed by atoms with E-state index in [9.17, 15) is 0 Å². The third-order valence-corrected chi connectivity index (χ3v) is 3.49. The number of aromatic nitrogens is 2. The van der Waals surface area contributed by atoms with Crippen molar-refractivity contribution in [1.82, 2.24) is 9.97 Å². The van der Waals surface area contributed by atoms with E-state index in [4.69, 9.17) is 11.6 Å². The number of hydrogen-bond donors (Lipinski definition) is 1. The molecule has 1 N–H and O–H groups in total. The molecule has 1 aromatic carbocycles. The van der Waals surface area contributed by atoms with E-state index in [0.29, 0.717) is 11.1 Å². The van der Waals surface area contributed by atoms with Crippen LogP contribution in [0.3, 0.4) is 0 Å². The number of nitrogens with zero attached hydrogens (tertiary/aromatic N) is 2. The molecule has 0 saturated heterocycles. The molecule has 0 spiro atoms. The second-order valence-electron chi connectivity index (χ2n) is 5.15. The first-order valence-electron chi connectivity index (χ1n) is 6.50. The minimum Gasteiger partial charge on any atom is -0.340 e. The van der Waals surface area contributed by atoms with Crippen LogP contribution in [0.15, 0.2) is 24.3 Å². The fraction of sp³-hybridized carbons (Fsp3) is 0.333. The third kappa shape index (κ3) is 2.87. The van der Waals surface area contributed by atoms with Crippen LogP contribution in [-0.4, -0.2) is 9.97 Å². The second kappa shape index (κ2) is 4.82. The van der Waals surface area contributed by atoms with E-state index in [1.165, 1.54) is 24.0 Å². The van der Waals surface area contributed by atoms with Crippen molar-refractivity contribution in [3.05, 3.63) is 46.4 Å². The van der Waals surface area contributed by atoms with Gasteiger partial charge in [-0.2, -0.15) is 0 Å². The average molecular weight is 274 g/mol. The molecule has 19 heavy (non-hydrogen) atoms.